The molecule has 0 saturated heterocycles. The Labute approximate surface area is 73.0 Å². The van der Waals surface area contributed by atoms with Crippen LogP contribution in [-0.4, -0.2) is 10.8 Å². The Balaban J connectivity index is 2.50. The zero-order chi connectivity index (χ0) is 8.97. The molecular weight excluding hydrogens is 150 g/mol. The number of aromatic nitrogens is 1. The van der Waals surface area contributed by atoms with Crippen LogP contribution in [0.15, 0.2) is 18.3 Å². The number of hydrogen-bond acceptors (Lipinski definition) is 1. The van der Waals surface area contributed by atoms with Gasteiger partial charge < -0.3 is 4.98 Å². The molecule has 1 rings (SSSR count). The summed E-state index contributed by atoms with van der Waals surface area (Å²) in [5, 5.41) is 0. The van der Waals surface area contributed by atoms with E-state index in [-0.39, 0.29) is 5.78 Å². The first-order chi connectivity index (χ1) is 5.74. The van der Waals surface area contributed by atoms with Crippen LogP contribution >= 0.6 is 0 Å². The van der Waals surface area contributed by atoms with E-state index in [0.717, 1.165) is 12.1 Å². The lowest BCUT2D eigenvalue weighted by Crippen LogP contribution is -2.05. The fraction of sp³-hybridized carbons (Fsp3) is 0.500. The van der Waals surface area contributed by atoms with Crippen molar-refractivity contribution in [2.24, 2.45) is 5.92 Å². The predicted octanol–water partition coefficient (Wildman–Crippen LogP) is 2.63. The topological polar surface area (TPSA) is 32.9 Å². The van der Waals surface area contributed by atoms with Crippen molar-refractivity contribution < 1.29 is 4.79 Å². The summed E-state index contributed by atoms with van der Waals surface area (Å²) in [6, 6.07) is 3.68. The van der Waals surface area contributed by atoms with Gasteiger partial charge in [-0.3, -0.25) is 4.79 Å². The highest BCUT2D eigenvalue weighted by molar-refractivity contribution is 5.94. The number of carbonyl (C=O) groups excluding carboxylic acids is 1. The summed E-state index contributed by atoms with van der Waals surface area (Å²) in [6.45, 7) is 4.20. The first-order valence-electron chi connectivity index (χ1n) is 4.40. The van der Waals surface area contributed by atoms with Crippen molar-refractivity contribution in [3.8, 4) is 0 Å². The Kier molecular flexibility index (Phi) is 3.09. The highest BCUT2D eigenvalue weighted by atomic mass is 16.1. The van der Waals surface area contributed by atoms with Gasteiger partial charge in [-0.15, -0.1) is 0 Å². The number of nitrogens with one attached hydrogen (secondary N) is 1. The van der Waals surface area contributed by atoms with E-state index in [4.69, 9.17) is 0 Å². The minimum Gasteiger partial charge on any atom is -0.359 e. The number of Topliss-reactive ketones (excluding diaryl/α,β-unsaturated/α-hetero) is 1. The van der Waals surface area contributed by atoms with Gasteiger partial charge in [-0.1, -0.05) is 20.3 Å². The van der Waals surface area contributed by atoms with Gasteiger partial charge in [-0.2, -0.15) is 0 Å². The van der Waals surface area contributed by atoms with E-state index in [1.807, 2.05) is 12.1 Å². The molecule has 2 heteroatoms. The molecule has 0 aliphatic carbocycles. The molecule has 0 bridgehead atoms. The third-order valence-corrected chi connectivity index (χ3v) is 2.13. The number of ketones is 1. The molecule has 0 aliphatic rings. The van der Waals surface area contributed by atoms with Gasteiger partial charge in [0, 0.05) is 12.6 Å². The van der Waals surface area contributed by atoms with Crippen molar-refractivity contribution in [3.05, 3.63) is 24.0 Å². The van der Waals surface area contributed by atoms with Crippen LogP contribution in [0.3, 0.4) is 0 Å². The van der Waals surface area contributed by atoms with E-state index in [2.05, 4.69) is 18.8 Å². The SMILES string of the molecule is CCC(C)CC(=O)c1ccc[nH]1. The van der Waals surface area contributed by atoms with Gasteiger partial charge in [0.15, 0.2) is 5.78 Å². The third-order valence-electron chi connectivity index (χ3n) is 2.13. The Morgan fingerprint density at radius 3 is 2.92 bits per heavy atom. The molecule has 1 unspecified atom stereocenters. The lowest BCUT2D eigenvalue weighted by Gasteiger charge is -2.04. The van der Waals surface area contributed by atoms with E-state index < -0.39 is 0 Å². The van der Waals surface area contributed by atoms with Gasteiger partial charge in [0.2, 0.25) is 0 Å². The summed E-state index contributed by atoms with van der Waals surface area (Å²) < 4.78 is 0. The maximum absolute atomic E-state index is 11.4. The van der Waals surface area contributed by atoms with E-state index in [1.165, 1.54) is 0 Å². The first-order valence-corrected chi connectivity index (χ1v) is 4.40. The molecule has 1 aromatic heterocycles. The van der Waals surface area contributed by atoms with Gasteiger partial charge in [-0.05, 0) is 18.1 Å². The smallest absolute Gasteiger partial charge is 0.179 e. The molecule has 0 aromatic carbocycles. The molecule has 2 nitrogen and oxygen atoms in total. The standard InChI is InChI=1S/C10H15NO/c1-3-8(2)7-10(12)9-5-4-6-11-9/h4-6,8,11H,3,7H2,1-2H3. The summed E-state index contributed by atoms with van der Waals surface area (Å²) in [7, 11) is 0. The molecule has 0 amide bonds. The molecule has 0 radical (unpaired) electrons. The number of hydrogen-bond donors (Lipinski definition) is 1. The molecule has 1 heterocycles. The normalized spacial score (nSPS) is 12.8. The predicted molar refractivity (Wildman–Crippen MR) is 49.2 cm³/mol. The fourth-order valence-electron chi connectivity index (χ4n) is 1.07. The largest absolute Gasteiger partial charge is 0.359 e. The van der Waals surface area contributed by atoms with Crippen LogP contribution < -0.4 is 0 Å². The number of H-pyrrole nitrogens is 1. The Hall–Kier alpha value is -1.05. The Morgan fingerprint density at radius 1 is 1.67 bits per heavy atom. The van der Waals surface area contributed by atoms with Crippen molar-refractivity contribution in [3.63, 3.8) is 0 Å². The van der Waals surface area contributed by atoms with Crippen molar-refractivity contribution >= 4 is 5.78 Å². The minimum atomic E-state index is 0.217. The minimum absolute atomic E-state index is 0.217. The van der Waals surface area contributed by atoms with Crippen LogP contribution in [0.2, 0.25) is 0 Å². The molecule has 1 aromatic rings. The quantitative estimate of drug-likeness (QED) is 0.683. The second kappa shape index (κ2) is 4.10. The molecule has 0 fully saturated rings. The average molecular weight is 165 g/mol. The van der Waals surface area contributed by atoms with E-state index >= 15 is 0 Å². The van der Waals surface area contributed by atoms with Crippen molar-refractivity contribution in [2.75, 3.05) is 0 Å². The van der Waals surface area contributed by atoms with Crippen LogP contribution in [0.4, 0.5) is 0 Å². The zero-order valence-corrected chi connectivity index (χ0v) is 7.63. The molecule has 1 N–H and O–H groups in total. The van der Waals surface area contributed by atoms with Crippen LogP contribution in [0.25, 0.3) is 0 Å². The summed E-state index contributed by atoms with van der Waals surface area (Å²) in [6.07, 6.45) is 3.49. The molecule has 0 aliphatic heterocycles. The number of carbonyl (C=O) groups is 1. The highest BCUT2D eigenvalue weighted by Gasteiger charge is 2.09. The number of rotatable bonds is 4. The lowest BCUT2D eigenvalue weighted by molar-refractivity contribution is 0.0959. The summed E-state index contributed by atoms with van der Waals surface area (Å²) >= 11 is 0. The third kappa shape index (κ3) is 2.22. The summed E-state index contributed by atoms with van der Waals surface area (Å²) in [5.74, 6) is 0.704. The molecular formula is C10H15NO. The van der Waals surface area contributed by atoms with Crippen molar-refractivity contribution in [2.45, 2.75) is 26.7 Å². The molecule has 0 saturated carbocycles. The second-order valence-electron chi connectivity index (χ2n) is 3.22. The Morgan fingerprint density at radius 2 is 2.42 bits per heavy atom. The van der Waals surface area contributed by atoms with Crippen LogP contribution in [0.1, 0.15) is 37.2 Å². The average Bonchev–Trinajstić information content (AvgIpc) is 2.56. The maximum Gasteiger partial charge on any atom is 0.179 e. The monoisotopic (exact) mass is 165 g/mol. The second-order valence-corrected chi connectivity index (χ2v) is 3.22. The van der Waals surface area contributed by atoms with Crippen LogP contribution in [0, 0.1) is 5.92 Å². The van der Waals surface area contributed by atoms with Gasteiger partial charge in [-0.25, -0.2) is 0 Å². The van der Waals surface area contributed by atoms with E-state index in [0.29, 0.717) is 12.3 Å². The van der Waals surface area contributed by atoms with Crippen LogP contribution in [0.5, 0.6) is 0 Å². The van der Waals surface area contributed by atoms with Gasteiger partial charge >= 0.3 is 0 Å². The Bertz CT molecular complexity index is 238. The zero-order valence-electron chi connectivity index (χ0n) is 7.63. The lowest BCUT2D eigenvalue weighted by atomic mass is 10.0. The van der Waals surface area contributed by atoms with Crippen LogP contribution in [-0.2, 0) is 0 Å². The summed E-state index contributed by atoms with van der Waals surface area (Å²) in [4.78, 5) is 14.4. The maximum atomic E-state index is 11.4. The fourth-order valence-corrected chi connectivity index (χ4v) is 1.07. The van der Waals surface area contributed by atoms with Crippen molar-refractivity contribution in [1.29, 1.82) is 0 Å². The summed E-state index contributed by atoms with van der Waals surface area (Å²) in [5.41, 5.74) is 0.732. The van der Waals surface area contributed by atoms with E-state index in [9.17, 15) is 4.79 Å². The van der Waals surface area contributed by atoms with Gasteiger partial charge in [0.1, 0.15) is 0 Å². The molecule has 0 spiro atoms. The van der Waals surface area contributed by atoms with Crippen molar-refractivity contribution in [1.82, 2.24) is 4.98 Å². The number of aromatic amines is 1. The van der Waals surface area contributed by atoms with Gasteiger partial charge in [0.25, 0.3) is 0 Å². The molecule has 66 valence electrons. The van der Waals surface area contributed by atoms with Gasteiger partial charge in [0.05, 0.1) is 5.69 Å². The first kappa shape index (κ1) is 9.04. The van der Waals surface area contributed by atoms with E-state index in [1.54, 1.807) is 6.20 Å². The molecule has 12 heavy (non-hydrogen) atoms. The highest BCUT2D eigenvalue weighted by Crippen LogP contribution is 2.10. The molecule has 1 atom stereocenters.